The molecule has 0 aromatic heterocycles. The van der Waals surface area contributed by atoms with Crippen LogP contribution in [0.4, 0.5) is 0 Å². The highest BCUT2D eigenvalue weighted by Gasteiger charge is 2.17. The lowest BCUT2D eigenvalue weighted by Crippen LogP contribution is -2.42. The van der Waals surface area contributed by atoms with Gasteiger partial charge in [0.2, 0.25) is 5.91 Å². The summed E-state index contributed by atoms with van der Waals surface area (Å²) >= 11 is 0. The largest absolute Gasteiger partial charge is 0.391 e. The Balaban J connectivity index is 2.11. The van der Waals surface area contributed by atoms with Crippen molar-refractivity contribution in [1.82, 2.24) is 10.6 Å². The van der Waals surface area contributed by atoms with Crippen LogP contribution in [0.3, 0.4) is 0 Å². The Kier molecular flexibility index (Phi) is 6.47. The number of carbonyl (C=O) groups excluding carboxylic acids is 1. The van der Waals surface area contributed by atoms with E-state index in [0.29, 0.717) is 31.9 Å². The molecule has 0 spiro atoms. The van der Waals surface area contributed by atoms with E-state index in [2.05, 4.69) is 10.6 Å². The van der Waals surface area contributed by atoms with Crippen molar-refractivity contribution in [2.24, 2.45) is 5.92 Å². The van der Waals surface area contributed by atoms with Gasteiger partial charge in [0.1, 0.15) is 0 Å². The molecule has 2 atom stereocenters. The van der Waals surface area contributed by atoms with Gasteiger partial charge in [-0.2, -0.15) is 0 Å². The quantitative estimate of drug-likeness (QED) is 0.609. The molecule has 0 aliphatic carbocycles. The number of morpholine rings is 1. The number of aliphatic hydroxyl groups is 1. The predicted octanol–water partition coefficient (Wildman–Crippen LogP) is -0.112. The zero-order valence-electron chi connectivity index (χ0n) is 10.7. The summed E-state index contributed by atoms with van der Waals surface area (Å²) in [6.07, 6.45) is 0.582. The molecule has 1 aliphatic heterocycles. The minimum Gasteiger partial charge on any atom is -0.391 e. The molecule has 5 heteroatoms. The van der Waals surface area contributed by atoms with Gasteiger partial charge in [-0.25, -0.2) is 0 Å². The van der Waals surface area contributed by atoms with E-state index in [-0.39, 0.29) is 12.0 Å². The molecule has 0 bridgehead atoms. The van der Waals surface area contributed by atoms with Crippen LogP contribution in [0.5, 0.6) is 0 Å². The van der Waals surface area contributed by atoms with Gasteiger partial charge in [0.05, 0.1) is 25.2 Å². The molecule has 5 nitrogen and oxygen atoms in total. The Morgan fingerprint density at radius 2 is 2.35 bits per heavy atom. The van der Waals surface area contributed by atoms with Crippen LogP contribution in [-0.2, 0) is 9.53 Å². The summed E-state index contributed by atoms with van der Waals surface area (Å²) in [6.45, 7) is 6.66. The molecule has 0 saturated carbocycles. The van der Waals surface area contributed by atoms with E-state index in [0.717, 1.165) is 13.1 Å². The van der Waals surface area contributed by atoms with Crippen molar-refractivity contribution in [3.05, 3.63) is 0 Å². The lowest BCUT2D eigenvalue weighted by atomic mass is 10.1. The van der Waals surface area contributed by atoms with Crippen LogP contribution < -0.4 is 10.6 Å². The van der Waals surface area contributed by atoms with Crippen LogP contribution in [0.15, 0.2) is 0 Å². The van der Waals surface area contributed by atoms with E-state index in [1.165, 1.54) is 0 Å². The molecule has 1 rings (SSSR count). The van der Waals surface area contributed by atoms with Gasteiger partial charge in [0, 0.05) is 19.6 Å². The first-order valence-electron chi connectivity index (χ1n) is 6.35. The van der Waals surface area contributed by atoms with Crippen molar-refractivity contribution in [1.29, 1.82) is 0 Å². The lowest BCUT2D eigenvalue weighted by Gasteiger charge is -2.23. The highest BCUT2D eigenvalue weighted by Crippen LogP contribution is 2.04. The van der Waals surface area contributed by atoms with Gasteiger partial charge >= 0.3 is 0 Å². The van der Waals surface area contributed by atoms with Gasteiger partial charge in [-0.1, -0.05) is 13.8 Å². The van der Waals surface area contributed by atoms with Crippen LogP contribution in [-0.4, -0.2) is 49.5 Å². The van der Waals surface area contributed by atoms with E-state index in [1.807, 2.05) is 13.8 Å². The van der Waals surface area contributed by atoms with Gasteiger partial charge < -0.3 is 20.5 Å². The maximum absolute atomic E-state index is 11.6. The molecular formula is C12H24N2O3. The summed E-state index contributed by atoms with van der Waals surface area (Å²) in [5.74, 6) is 0.384. The van der Waals surface area contributed by atoms with Crippen LogP contribution in [0.25, 0.3) is 0 Å². The molecule has 0 aromatic rings. The Hall–Kier alpha value is -0.650. The summed E-state index contributed by atoms with van der Waals surface area (Å²) in [6, 6.07) is 0. The Labute approximate surface area is 103 Å². The van der Waals surface area contributed by atoms with Gasteiger partial charge in [-0.3, -0.25) is 4.79 Å². The summed E-state index contributed by atoms with van der Waals surface area (Å²) < 4.78 is 5.43. The van der Waals surface area contributed by atoms with Gasteiger partial charge in [0.25, 0.3) is 0 Å². The molecular weight excluding hydrogens is 220 g/mol. The molecule has 1 heterocycles. The van der Waals surface area contributed by atoms with Crippen molar-refractivity contribution < 1.29 is 14.6 Å². The minimum atomic E-state index is -0.454. The van der Waals surface area contributed by atoms with E-state index < -0.39 is 6.10 Å². The van der Waals surface area contributed by atoms with Crippen LogP contribution in [0, 0.1) is 5.92 Å². The van der Waals surface area contributed by atoms with Crippen LogP contribution in [0.2, 0.25) is 0 Å². The molecule has 100 valence electrons. The molecule has 3 N–H and O–H groups in total. The molecule has 2 unspecified atom stereocenters. The fourth-order valence-corrected chi connectivity index (χ4v) is 1.89. The maximum atomic E-state index is 11.6. The van der Waals surface area contributed by atoms with Crippen LogP contribution >= 0.6 is 0 Å². The fourth-order valence-electron chi connectivity index (χ4n) is 1.89. The second-order valence-electron chi connectivity index (χ2n) is 4.99. The van der Waals surface area contributed by atoms with Crippen molar-refractivity contribution >= 4 is 5.91 Å². The van der Waals surface area contributed by atoms with Crippen LogP contribution in [0.1, 0.15) is 26.7 Å². The molecule has 1 fully saturated rings. The second kappa shape index (κ2) is 7.63. The third-order valence-electron chi connectivity index (χ3n) is 2.70. The highest BCUT2D eigenvalue weighted by atomic mass is 16.5. The Morgan fingerprint density at radius 1 is 1.59 bits per heavy atom. The van der Waals surface area contributed by atoms with Crippen molar-refractivity contribution in [2.75, 3.05) is 26.2 Å². The molecule has 1 aliphatic rings. The monoisotopic (exact) mass is 244 g/mol. The number of nitrogens with one attached hydrogen (secondary N) is 2. The maximum Gasteiger partial charge on any atom is 0.222 e. The third kappa shape index (κ3) is 6.61. The average molecular weight is 244 g/mol. The molecule has 0 radical (unpaired) electrons. The Morgan fingerprint density at radius 3 is 2.94 bits per heavy atom. The Bertz CT molecular complexity index is 228. The SMILES string of the molecule is CC(C)CC(O)CNC(=O)CC1CNCCO1. The predicted molar refractivity (Wildman–Crippen MR) is 65.7 cm³/mol. The normalized spacial score (nSPS) is 22.5. The molecule has 0 aromatic carbocycles. The number of amides is 1. The summed E-state index contributed by atoms with van der Waals surface area (Å²) in [7, 11) is 0. The molecule has 1 amide bonds. The zero-order valence-corrected chi connectivity index (χ0v) is 10.7. The fraction of sp³-hybridized carbons (Fsp3) is 0.917. The first-order chi connectivity index (χ1) is 8.08. The van der Waals surface area contributed by atoms with E-state index in [9.17, 15) is 9.90 Å². The zero-order chi connectivity index (χ0) is 12.7. The molecule has 1 saturated heterocycles. The molecule has 17 heavy (non-hydrogen) atoms. The van der Waals surface area contributed by atoms with Crippen molar-refractivity contribution in [3.8, 4) is 0 Å². The standard InChI is InChI=1S/C12H24N2O3/c1-9(2)5-10(15)7-14-12(16)6-11-8-13-3-4-17-11/h9-11,13,15H,3-8H2,1-2H3,(H,14,16). The van der Waals surface area contributed by atoms with E-state index in [1.54, 1.807) is 0 Å². The van der Waals surface area contributed by atoms with Gasteiger partial charge in [-0.15, -0.1) is 0 Å². The minimum absolute atomic E-state index is 0.0361. The summed E-state index contributed by atoms with van der Waals surface area (Å²) in [5.41, 5.74) is 0. The summed E-state index contributed by atoms with van der Waals surface area (Å²) in [5, 5.41) is 15.5. The smallest absolute Gasteiger partial charge is 0.222 e. The van der Waals surface area contributed by atoms with Gasteiger partial charge in [0.15, 0.2) is 0 Å². The summed E-state index contributed by atoms with van der Waals surface area (Å²) in [4.78, 5) is 11.6. The van der Waals surface area contributed by atoms with E-state index >= 15 is 0 Å². The number of rotatable bonds is 6. The third-order valence-corrected chi connectivity index (χ3v) is 2.70. The highest BCUT2D eigenvalue weighted by molar-refractivity contribution is 5.76. The number of aliphatic hydroxyl groups excluding tert-OH is 1. The first kappa shape index (κ1) is 14.4. The lowest BCUT2D eigenvalue weighted by molar-refractivity contribution is -0.125. The average Bonchev–Trinajstić information content (AvgIpc) is 2.27. The number of carbonyl (C=O) groups is 1. The van der Waals surface area contributed by atoms with Crippen molar-refractivity contribution in [3.63, 3.8) is 0 Å². The van der Waals surface area contributed by atoms with E-state index in [4.69, 9.17) is 4.74 Å². The number of hydrogen-bond acceptors (Lipinski definition) is 4. The topological polar surface area (TPSA) is 70.6 Å². The first-order valence-corrected chi connectivity index (χ1v) is 6.35. The number of hydrogen-bond donors (Lipinski definition) is 3. The van der Waals surface area contributed by atoms with Gasteiger partial charge in [-0.05, 0) is 12.3 Å². The number of ether oxygens (including phenoxy) is 1. The van der Waals surface area contributed by atoms with Crippen molar-refractivity contribution in [2.45, 2.75) is 38.9 Å². The second-order valence-corrected chi connectivity index (χ2v) is 4.99.